The summed E-state index contributed by atoms with van der Waals surface area (Å²) >= 11 is 0. The molecule has 0 amide bonds. The maximum absolute atomic E-state index is 11.2. The first-order valence-corrected chi connectivity index (χ1v) is 4.79. The number of benzene rings is 1. The second-order valence-electron chi connectivity index (χ2n) is 3.70. The molecule has 0 atom stereocenters. The Bertz CT molecular complexity index is 340. The van der Waals surface area contributed by atoms with Crippen LogP contribution in [0.25, 0.3) is 0 Å². The van der Waals surface area contributed by atoms with Crippen molar-refractivity contribution in [2.75, 3.05) is 0 Å². The number of hydrogen-bond acceptors (Lipinski definition) is 2. The number of carbonyl (C=O) groups excluding carboxylic acids is 1. The van der Waals surface area contributed by atoms with Gasteiger partial charge in [-0.3, -0.25) is 4.79 Å². The lowest BCUT2D eigenvalue weighted by molar-refractivity contribution is 0.101. The number of ether oxygens (including phenoxy) is 1. The Kier molecular flexibility index (Phi) is 3.28. The van der Waals surface area contributed by atoms with Gasteiger partial charge < -0.3 is 4.74 Å². The molecule has 0 heterocycles. The SMILES string of the molecule is CC(=O)c1cc(OC(C)C)ccc1C. The Balaban J connectivity index is 3.00. The smallest absolute Gasteiger partial charge is 0.160 e. The van der Waals surface area contributed by atoms with Gasteiger partial charge in [-0.25, -0.2) is 0 Å². The molecule has 0 radical (unpaired) electrons. The van der Waals surface area contributed by atoms with E-state index in [-0.39, 0.29) is 11.9 Å². The fourth-order valence-corrected chi connectivity index (χ4v) is 1.33. The van der Waals surface area contributed by atoms with Crippen molar-refractivity contribution in [2.45, 2.75) is 33.8 Å². The average Bonchev–Trinajstić information content (AvgIpc) is 2.07. The van der Waals surface area contributed by atoms with E-state index in [4.69, 9.17) is 4.74 Å². The number of hydrogen-bond donors (Lipinski definition) is 0. The van der Waals surface area contributed by atoms with E-state index in [1.54, 1.807) is 13.0 Å². The van der Waals surface area contributed by atoms with Crippen LogP contribution in [0.5, 0.6) is 5.75 Å². The molecule has 0 bridgehead atoms. The van der Waals surface area contributed by atoms with Crippen molar-refractivity contribution < 1.29 is 9.53 Å². The summed E-state index contributed by atoms with van der Waals surface area (Å²) in [7, 11) is 0. The minimum atomic E-state index is 0.0803. The highest BCUT2D eigenvalue weighted by Crippen LogP contribution is 2.18. The molecule has 1 aromatic carbocycles. The van der Waals surface area contributed by atoms with Gasteiger partial charge in [0, 0.05) is 5.56 Å². The molecule has 0 spiro atoms. The lowest BCUT2D eigenvalue weighted by Crippen LogP contribution is -2.06. The lowest BCUT2D eigenvalue weighted by atomic mass is 10.1. The Hall–Kier alpha value is -1.31. The largest absolute Gasteiger partial charge is 0.491 e. The topological polar surface area (TPSA) is 26.3 Å². The van der Waals surface area contributed by atoms with E-state index in [0.29, 0.717) is 0 Å². The summed E-state index contributed by atoms with van der Waals surface area (Å²) < 4.78 is 5.51. The number of Topliss-reactive ketones (excluding diaryl/α,β-unsaturated/α-hetero) is 1. The molecule has 0 saturated heterocycles. The molecule has 0 unspecified atom stereocenters. The van der Waals surface area contributed by atoms with Crippen molar-refractivity contribution in [3.05, 3.63) is 29.3 Å². The highest BCUT2D eigenvalue weighted by molar-refractivity contribution is 5.95. The molecule has 0 aromatic heterocycles. The maximum atomic E-state index is 11.2. The van der Waals surface area contributed by atoms with Crippen LogP contribution in [0.4, 0.5) is 0 Å². The standard InChI is InChI=1S/C12H16O2/c1-8(2)14-11-6-5-9(3)12(7-11)10(4)13/h5-8H,1-4H3. The van der Waals surface area contributed by atoms with Crippen LogP contribution in [-0.2, 0) is 0 Å². The molecular weight excluding hydrogens is 176 g/mol. The monoisotopic (exact) mass is 192 g/mol. The van der Waals surface area contributed by atoms with Crippen molar-refractivity contribution in [2.24, 2.45) is 0 Å². The third-order valence-corrected chi connectivity index (χ3v) is 1.96. The number of aryl methyl sites for hydroxylation is 1. The first-order chi connectivity index (χ1) is 6.50. The van der Waals surface area contributed by atoms with Crippen LogP contribution in [0.2, 0.25) is 0 Å². The van der Waals surface area contributed by atoms with Gasteiger partial charge in [-0.2, -0.15) is 0 Å². The van der Waals surface area contributed by atoms with Crippen molar-refractivity contribution in [3.63, 3.8) is 0 Å². The van der Waals surface area contributed by atoms with Crippen molar-refractivity contribution in [1.29, 1.82) is 0 Å². The Labute approximate surface area is 84.9 Å². The Morgan fingerprint density at radius 1 is 1.36 bits per heavy atom. The summed E-state index contributed by atoms with van der Waals surface area (Å²) in [6.07, 6.45) is 0.137. The molecular formula is C12H16O2. The molecule has 2 heteroatoms. The highest BCUT2D eigenvalue weighted by Gasteiger charge is 2.06. The van der Waals surface area contributed by atoms with Crippen molar-refractivity contribution >= 4 is 5.78 Å². The van der Waals surface area contributed by atoms with Crippen molar-refractivity contribution in [3.8, 4) is 5.75 Å². The average molecular weight is 192 g/mol. The van der Waals surface area contributed by atoms with E-state index in [1.165, 1.54) is 0 Å². The Morgan fingerprint density at radius 2 is 2.00 bits per heavy atom. The van der Waals surface area contributed by atoms with Crippen LogP contribution in [0.1, 0.15) is 36.7 Å². The van der Waals surface area contributed by atoms with Gasteiger partial charge in [0.15, 0.2) is 5.78 Å². The highest BCUT2D eigenvalue weighted by atomic mass is 16.5. The fraction of sp³-hybridized carbons (Fsp3) is 0.417. The Morgan fingerprint density at radius 3 is 2.50 bits per heavy atom. The summed E-state index contributed by atoms with van der Waals surface area (Å²) in [4.78, 5) is 11.2. The molecule has 1 aromatic rings. The second kappa shape index (κ2) is 4.27. The minimum Gasteiger partial charge on any atom is -0.491 e. The van der Waals surface area contributed by atoms with Gasteiger partial charge in [0.05, 0.1) is 6.10 Å². The normalized spacial score (nSPS) is 10.4. The molecule has 0 aliphatic rings. The maximum Gasteiger partial charge on any atom is 0.160 e. The molecule has 76 valence electrons. The minimum absolute atomic E-state index is 0.0803. The lowest BCUT2D eigenvalue weighted by Gasteiger charge is -2.11. The molecule has 0 aliphatic heterocycles. The summed E-state index contributed by atoms with van der Waals surface area (Å²) in [5.74, 6) is 0.840. The third-order valence-electron chi connectivity index (χ3n) is 1.96. The number of carbonyl (C=O) groups is 1. The van der Waals surface area contributed by atoms with Crippen LogP contribution < -0.4 is 4.74 Å². The summed E-state index contributed by atoms with van der Waals surface area (Å²) in [5.41, 5.74) is 1.73. The zero-order chi connectivity index (χ0) is 10.7. The fourth-order valence-electron chi connectivity index (χ4n) is 1.33. The van der Waals surface area contributed by atoms with Gasteiger partial charge in [-0.15, -0.1) is 0 Å². The van der Waals surface area contributed by atoms with Gasteiger partial charge in [0.1, 0.15) is 5.75 Å². The molecule has 0 aliphatic carbocycles. The van der Waals surface area contributed by atoms with E-state index in [0.717, 1.165) is 16.9 Å². The van der Waals surface area contributed by atoms with Crippen LogP contribution >= 0.6 is 0 Å². The zero-order valence-electron chi connectivity index (χ0n) is 9.13. The van der Waals surface area contributed by atoms with E-state index in [1.807, 2.05) is 32.9 Å². The van der Waals surface area contributed by atoms with E-state index >= 15 is 0 Å². The van der Waals surface area contributed by atoms with Crippen LogP contribution in [-0.4, -0.2) is 11.9 Å². The number of rotatable bonds is 3. The van der Waals surface area contributed by atoms with E-state index in [2.05, 4.69) is 0 Å². The van der Waals surface area contributed by atoms with Crippen LogP contribution in [0.3, 0.4) is 0 Å². The van der Waals surface area contributed by atoms with Crippen LogP contribution in [0, 0.1) is 6.92 Å². The summed E-state index contributed by atoms with van der Waals surface area (Å²) in [5, 5.41) is 0. The summed E-state index contributed by atoms with van der Waals surface area (Å²) in [6, 6.07) is 5.61. The molecule has 2 nitrogen and oxygen atoms in total. The van der Waals surface area contributed by atoms with Crippen LogP contribution in [0.15, 0.2) is 18.2 Å². The quantitative estimate of drug-likeness (QED) is 0.688. The van der Waals surface area contributed by atoms with E-state index < -0.39 is 0 Å². The molecule has 0 saturated carbocycles. The zero-order valence-corrected chi connectivity index (χ0v) is 9.13. The van der Waals surface area contributed by atoms with Crippen molar-refractivity contribution in [1.82, 2.24) is 0 Å². The van der Waals surface area contributed by atoms with Gasteiger partial charge >= 0.3 is 0 Å². The third kappa shape index (κ3) is 2.59. The second-order valence-corrected chi connectivity index (χ2v) is 3.70. The number of ketones is 1. The predicted octanol–water partition coefficient (Wildman–Crippen LogP) is 2.98. The van der Waals surface area contributed by atoms with E-state index in [9.17, 15) is 4.79 Å². The molecule has 0 N–H and O–H groups in total. The molecule has 0 fully saturated rings. The van der Waals surface area contributed by atoms with Gasteiger partial charge in [0.25, 0.3) is 0 Å². The molecule has 14 heavy (non-hydrogen) atoms. The predicted molar refractivity (Wildman–Crippen MR) is 56.9 cm³/mol. The van der Waals surface area contributed by atoms with Gasteiger partial charge in [-0.1, -0.05) is 6.07 Å². The first-order valence-electron chi connectivity index (χ1n) is 4.79. The van der Waals surface area contributed by atoms with Gasteiger partial charge in [-0.05, 0) is 45.4 Å². The molecule has 1 rings (SSSR count). The summed E-state index contributed by atoms with van der Waals surface area (Å²) in [6.45, 7) is 7.43. The first kappa shape index (κ1) is 10.8. The van der Waals surface area contributed by atoms with Gasteiger partial charge in [0.2, 0.25) is 0 Å².